The van der Waals surface area contributed by atoms with Crippen LogP contribution in [0.1, 0.15) is 0 Å². The van der Waals surface area contributed by atoms with Crippen molar-refractivity contribution in [1.29, 1.82) is 0 Å². The average molecular weight is 126 g/mol. The smallest absolute Gasteiger partial charge is 0.0272 e. The molecule has 2 heteroatoms. The summed E-state index contributed by atoms with van der Waals surface area (Å²) in [6, 6.07) is 0.898. The van der Waals surface area contributed by atoms with E-state index in [1.54, 1.807) is 0 Å². The molecular formula is C7H14N2. The van der Waals surface area contributed by atoms with Crippen molar-refractivity contribution in [2.24, 2.45) is 5.92 Å². The highest BCUT2D eigenvalue weighted by atomic mass is 15.3. The van der Waals surface area contributed by atoms with Gasteiger partial charge in [0.05, 0.1) is 0 Å². The van der Waals surface area contributed by atoms with Gasteiger partial charge in [-0.1, -0.05) is 0 Å². The largest absolute Gasteiger partial charge is 0.304 e. The van der Waals surface area contributed by atoms with Crippen LogP contribution in [0.15, 0.2) is 0 Å². The Hall–Kier alpha value is -0.0800. The van der Waals surface area contributed by atoms with Gasteiger partial charge in [0, 0.05) is 31.6 Å². The van der Waals surface area contributed by atoms with Crippen LogP contribution in [0.2, 0.25) is 0 Å². The van der Waals surface area contributed by atoms with Crippen molar-refractivity contribution < 1.29 is 0 Å². The van der Waals surface area contributed by atoms with E-state index >= 15 is 0 Å². The van der Waals surface area contributed by atoms with E-state index in [0.29, 0.717) is 0 Å². The summed E-state index contributed by atoms with van der Waals surface area (Å²) in [5, 5.41) is 0. The zero-order valence-corrected chi connectivity index (χ0v) is 6.17. The van der Waals surface area contributed by atoms with Crippen LogP contribution in [0.3, 0.4) is 0 Å². The summed E-state index contributed by atoms with van der Waals surface area (Å²) in [6.45, 7) is 3.95. The molecule has 0 saturated carbocycles. The predicted molar refractivity (Wildman–Crippen MR) is 37.4 cm³/mol. The van der Waals surface area contributed by atoms with Crippen molar-refractivity contribution in [3.05, 3.63) is 0 Å². The molecule has 2 saturated heterocycles. The molecule has 9 heavy (non-hydrogen) atoms. The van der Waals surface area contributed by atoms with E-state index < -0.39 is 0 Å². The second-order valence-corrected chi connectivity index (χ2v) is 3.49. The normalized spacial score (nSPS) is 44.7. The van der Waals surface area contributed by atoms with Crippen LogP contribution in [0.25, 0.3) is 0 Å². The molecule has 0 aromatic rings. The Morgan fingerprint density at radius 3 is 2.33 bits per heavy atom. The number of rotatable bonds is 0. The zero-order chi connectivity index (χ0) is 6.43. The lowest BCUT2D eigenvalue weighted by molar-refractivity contribution is 0.0826. The topological polar surface area (TPSA) is 6.48 Å². The third kappa shape index (κ3) is 0.700. The molecule has 2 unspecified atom stereocenters. The van der Waals surface area contributed by atoms with Gasteiger partial charge < -0.3 is 9.80 Å². The fourth-order valence-electron chi connectivity index (χ4n) is 2.11. The average Bonchev–Trinajstić information content (AvgIpc) is 2.08. The Balaban J connectivity index is 2.00. The van der Waals surface area contributed by atoms with Gasteiger partial charge >= 0.3 is 0 Å². The lowest BCUT2D eigenvalue weighted by Gasteiger charge is -2.40. The molecule has 2 nitrogen and oxygen atoms in total. The minimum atomic E-state index is 0.898. The van der Waals surface area contributed by atoms with Gasteiger partial charge in [0.15, 0.2) is 0 Å². The van der Waals surface area contributed by atoms with E-state index in [0.717, 1.165) is 12.0 Å². The number of nitrogens with zero attached hydrogens (tertiary/aromatic N) is 2. The van der Waals surface area contributed by atoms with Crippen LogP contribution in [-0.2, 0) is 0 Å². The summed E-state index contributed by atoms with van der Waals surface area (Å²) >= 11 is 0. The van der Waals surface area contributed by atoms with Gasteiger partial charge in [-0.25, -0.2) is 0 Å². The summed E-state index contributed by atoms with van der Waals surface area (Å²) in [5.74, 6) is 1.000. The lowest BCUT2D eigenvalue weighted by Crippen LogP contribution is -2.52. The maximum absolute atomic E-state index is 2.45. The Kier molecular flexibility index (Phi) is 1.08. The molecule has 52 valence electrons. The second-order valence-electron chi connectivity index (χ2n) is 3.49. The maximum atomic E-state index is 2.45. The van der Waals surface area contributed by atoms with Crippen molar-refractivity contribution in [3.8, 4) is 0 Å². The highest BCUT2D eigenvalue weighted by Gasteiger charge is 2.41. The molecule has 0 amide bonds. The summed E-state index contributed by atoms with van der Waals surface area (Å²) in [7, 11) is 4.44. The van der Waals surface area contributed by atoms with Gasteiger partial charge in [0.2, 0.25) is 0 Å². The van der Waals surface area contributed by atoms with E-state index in [4.69, 9.17) is 0 Å². The summed E-state index contributed by atoms with van der Waals surface area (Å²) in [4.78, 5) is 4.88. The Morgan fingerprint density at radius 2 is 1.89 bits per heavy atom. The van der Waals surface area contributed by atoms with E-state index in [1.807, 2.05) is 0 Å². The van der Waals surface area contributed by atoms with Crippen LogP contribution in [0.4, 0.5) is 0 Å². The van der Waals surface area contributed by atoms with Crippen LogP contribution < -0.4 is 0 Å². The molecule has 0 spiro atoms. The fraction of sp³-hybridized carbons (Fsp3) is 1.00. The molecule has 0 aromatic carbocycles. The molecule has 0 aliphatic carbocycles. The highest BCUT2D eigenvalue weighted by molar-refractivity contribution is 4.97. The number of fused-ring (bicyclic) bond motifs is 1. The van der Waals surface area contributed by atoms with Crippen LogP contribution in [0, 0.1) is 5.92 Å². The molecule has 2 rings (SSSR count). The highest BCUT2D eigenvalue weighted by Crippen LogP contribution is 2.29. The monoisotopic (exact) mass is 126 g/mol. The molecule has 0 N–H and O–H groups in total. The van der Waals surface area contributed by atoms with Crippen LogP contribution in [-0.4, -0.2) is 49.6 Å². The number of likely N-dealkylation sites (tertiary alicyclic amines) is 2. The van der Waals surface area contributed by atoms with E-state index in [2.05, 4.69) is 23.9 Å². The zero-order valence-electron chi connectivity index (χ0n) is 6.17. The molecular weight excluding hydrogens is 112 g/mol. The first-order valence-corrected chi connectivity index (χ1v) is 3.66. The third-order valence-corrected chi connectivity index (χ3v) is 2.68. The molecule has 2 heterocycles. The van der Waals surface area contributed by atoms with Gasteiger partial charge in [-0.3, -0.25) is 0 Å². The Morgan fingerprint density at radius 1 is 1.11 bits per heavy atom. The number of hydrogen-bond donors (Lipinski definition) is 0. The minimum Gasteiger partial charge on any atom is -0.304 e. The fourth-order valence-corrected chi connectivity index (χ4v) is 2.11. The Labute approximate surface area is 56.4 Å². The molecule has 2 aliphatic heterocycles. The quantitative estimate of drug-likeness (QED) is 0.446. The minimum absolute atomic E-state index is 0.898. The van der Waals surface area contributed by atoms with E-state index in [-0.39, 0.29) is 0 Å². The molecule has 2 fully saturated rings. The molecule has 0 bridgehead atoms. The predicted octanol–water partition coefficient (Wildman–Crippen LogP) is -0.138. The summed E-state index contributed by atoms with van der Waals surface area (Å²) in [5.41, 5.74) is 0. The maximum Gasteiger partial charge on any atom is 0.0272 e. The van der Waals surface area contributed by atoms with Crippen LogP contribution in [0.5, 0.6) is 0 Å². The van der Waals surface area contributed by atoms with Crippen molar-refractivity contribution in [1.82, 2.24) is 9.80 Å². The molecule has 0 radical (unpaired) electrons. The van der Waals surface area contributed by atoms with Gasteiger partial charge in [-0.2, -0.15) is 0 Å². The molecule has 0 aromatic heterocycles. The van der Waals surface area contributed by atoms with Crippen molar-refractivity contribution in [3.63, 3.8) is 0 Å². The first kappa shape index (κ1) is 5.69. The standard InChI is InChI=1S/C7H14N2/c1-8-3-6-4-9(2)7(6)5-8/h6-7H,3-5H2,1-2H3. The SMILES string of the molecule is CN1CC2CN(C)C2C1. The van der Waals surface area contributed by atoms with Crippen molar-refractivity contribution in [2.75, 3.05) is 33.7 Å². The first-order valence-electron chi connectivity index (χ1n) is 3.66. The number of hydrogen-bond acceptors (Lipinski definition) is 2. The van der Waals surface area contributed by atoms with Gasteiger partial charge in [0.25, 0.3) is 0 Å². The summed E-state index contributed by atoms with van der Waals surface area (Å²) < 4.78 is 0. The summed E-state index contributed by atoms with van der Waals surface area (Å²) in [6.07, 6.45) is 0. The lowest BCUT2D eigenvalue weighted by atomic mass is 9.93. The molecule has 2 aliphatic rings. The van der Waals surface area contributed by atoms with Gasteiger partial charge in [-0.05, 0) is 14.1 Å². The Bertz CT molecular complexity index is 124. The second kappa shape index (κ2) is 1.70. The van der Waals surface area contributed by atoms with Gasteiger partial charge in [0.1, 0.15) is 0 Å². The van der Waals surface area contributed by atoms with Crippen molar-refractivity contribution in [2.45, 2.75) is 6.04 Å². The molecule has 2 atom stereocenters. The third-order valence-electron chi connectivity index (χ3n) is 2.68. The number of likely N-dealkylation sites (N-methyl/N-ethyl adjacent to an activating group) is 2. The first-order chi connectivity index (χ1) is 4.27. The van der Waals surface area contributed by atoms with E-state index in [9.17, 15) is 0 Å². The van der Waals surface area contributed by atoms with E-state index in [1.165, 1.54) is 19.6 Å². The van der Waals surface area contributed by atoms with Crippen LogP contribution >= 0.6 is 0 Å². The van der Waals surface area contributed by atoms with Crippen molar-refractivity contribution >= 4 is 0 Å². The van der Waals surface area contributed by atoms with Gasteiger partial charge in [-0.15, -0.1) is 0 Å².